The van der Waals surface area contributed by atoms with Gasteiger partial charge in [0.05, 0.1) is 11.4 Å². The molecule has 0 aliphatic rings. The van der Waals surface area contributed by atoms with Gasteiger partial charge in [-0.1, -0.05) is 13.0 Å². The minimum atomic E-state index is -0.771. The van der Waals surface area contributed by atoms with Crippen LogP contribution in [-0.2, 0) is 4.79 Å². The first-order chi connectivity index (χ1) is 8.11. The fourth-order valence-corrected chi connectivity index (χ4v) is 2.03. The molecule has 1 N–H and O–H groups in total. The van der Waals surface area contributed by atoms with Gasteiger partial charge in [0.25, 0.3) is 0 Å². The van der Waals surface area contributed by atoms with Crippen molar-refractivity contribution >= 4 is 16.9 Å². The summed E-state index contributed by atoms with van der Waals surface area (Å²) in [6.07, 6.45) is 2.41. The van der Waals surface area contributed by atoms with E-state index in [1.165, 1.54) is 0 Å². The maximum absolute atomic E-state index is 11.1. The molecule has 17 heavy (non-hydrogen) atoms. The van der Waals surface area contributed by atoms with Crippen LogP contribution in [-0.4, -0.2) is 16.1 Å². The summed E-state index contributed by atoms with van der Waals surface area (Å²) in [5, 5.41) is 10.1. The number of carbonyl (C=O) groups is 1. The number of carboxylic acids is 1. The third-order valence-corrected chi connectivity index (χ3v) is 2.95. The zero-order valence-corrected chi connectivity index (χ0v) is 9.97. The van der Waals surface area contributed by atoms with Gasteiger partial charge in [-0.25, -0.2) is 0 Å². The third kappa shape index (κ3) is 2.28. The number of rotatable bonds is 3. The Morgan fingerprint density at radius 3 is 2.82 bits per heavy atom. The lowest BCUT2D eigenvalue weighted by atomic mass is 9.95. The van der Waals surface area contributed by atoms with E-state index in [-0.39, 0.29) is 0 Å². The summed E-state index contributed by atoms with van der Waals surface area (Å²) in [6, 6.07) is 7.70. The van der Waals surface area contributed by atoms with E-state index in [4.69, 9.17) is 5.11 Å². The van der Waals surface area contributed by atoms with Crippen molar-refractivity contribution in [3.63, 3.8) is 0 Å². The zero-order chi connectivity index (χ0) is 12.4. The van der Waals surface area contributed by atoms with E-state index in [0.29, 0.717) is 6.42 Å². The molecule has 0 aliphatic carbocycles. The van der Waals surface area contributed by atoms with E-state index in [0.717, 1.165) is 22.0 Å². The summed E-state index contributed by atoms with van der Waals surface area (Å²) < 4.78 is 0. The molecule has 88 valence electrons. The molecule has 2 rings (SSSR count). The molecular formula is C14H15NO2. The molecule has 0 radical (unpaired) electrons. The minimum Gasteiger partial charge on any atom is -0.481 e. The smallest absolute Gasteiger partial charge is 0.310 e. The first-order valence-electron chi connectivity index (χ1n) is 5.71. The maximum atomic E-state index is 11.1. The van der Waals surface area contributed by atoms with Gasteiger partial charge >= 0.3 is 5.97 Å². The quantitative estimate of drug-likeness (QED) is 0.879. The molecule has 1 unspecified atom stereocenters. The molecule has 0 saturated carbocycles. The van der Waals surface area contributed by atoms with Crippen molar-refractivity contribution in [3.8, 4) is 0 Å². The van der Waals surface area contributed by atoms with Crippen molar-refractivity contribution in [3.05, 3.63) is 41.6 Å². The van der Waals surface area contributed by atoms with Gasteiger partial charge in [0.15, 0.2) is 0 Å². The van der Waals surface area contributed by atoms with Crippen molar-refractivity contribution in [2.75, 3.05) is 0 Å². The van der Waals surface area contributed by atoms with Gasteiger partial charge in [0.1, 0.15) is 0 Å². The Kier molecular flexibility index (Phi) is 3.09. The number of hydrogen-bond acceptors (Lipinski definition) is 2. The lowest BCUT2D eigenvalue weighted by molar-refractivity contribution is -0.138. The predicted octanol–water partition coefficient (Wildman–Crippen LogP) is 3.12. The van der Waals surface area contributed by atoms with Crippen LogP contribution in [0.2, 0.25) is 0 Å². The molecule has 0 aliphatic heterocycles. The van der Waals surface area contributed by atoms with Crippen LogP contribution in [0.1, 0.15) is 30.4 Å². The summed E-state index contributed by atoms with van der Waals surface area (Å²) in [5.74, 6) is -1.20. The van der Waals surface area contributed by atoms with Crippen LogP contribution < -0.4 is 0 Å². The number of aromatic nitrogens is 1. The molecule has 0 saturated heterocycles. The molecule has 0 bridgehead atoms. The van der Waals surface area contributed by atoms with Crippen molar-refractivity contribution in [2.24, 2.45) is 0 Å². The van der Waals surface area contributed by atoms with Gasteiger partial charge in [0.2, 0.25) is 0 Å². The lowest BCUT2D eigenvalue weighted by Crippen LogP contribution is -2.10. The highest BCUT2D eigenvalue weighted by Crippen LogP contribution is 2.24. The highest BCUT2D eigenvalue weighted by Gasteiger charge is 2.17. The highest BCUT2D eigenvalue weighted by atomic mass is 16.4. The number of aliphatic carboxylic acids is 1. The van der Waals surface area contributed by atoms with Gasteiger partial charge in [-0.15, -0.1) is 0 Å². The van der Waals surface area contributed by atoms with E-state index < -0.39 is 11.9 Å². The number of nitrogens with zero attached hydrogens (tertiary/aromatic N) is 1. The van der Waals surface area contributed by atoms with Crippen LogP contribution >= 0.6 is 0 Å². The van der Waals surface area contributed by atoms with Crippen LogP contribution in [0.3, 0.4) is 0 Å². The van der Waals surface area contributed by atoms with Crippen LogP contribution in [0, 0.1) is 6.92 Å². The average molecular weight is 229 g/mol. The first kappa shape index (κ1) is 11.6. The minimum absolute atomic E-state index is 0.431. The summed E-state index contributed by atoms with van der Waals surface area (Å²) in [5.41, 5.74) is 2.83. The number of pyridine rings is 1. The van der Waals surface area contributed by atoms with Crippen molar-refractivity contribution in [2.45, 2.75) is 26.2 Å². The number of fused-ring (bicyclic) bond motifs is 1. The summed E-state index contributed by atoms with van der Waals surface area (Å²) in [7, 11) is 0. The maximum Gasteiger partial charge on any atom is 0.310 e. The molecule has 0 fully saturated rings. The average Bonchev–Trinajstić information content (AvgIpc) is 2.29. The topological polar surface area (TPSA) is 50.2 Å². The van der Waals surface area contributed by atoms with Gasteiger partial charge in [-0.05, 0) is 42.7 Å². The second kappa shape index (κ2) is 4.53. The zero-order valence-electron chi connectivity index (χ0n) is 9.97. The van der Waals surface area contributed by atoms with Gasteiger partial charge in [-0.3, -0.25) is 9.78 Å². The summed E-state index contributed by atoms with van der Waals surface area (Å²) in [4.78, 5) is 15.4. The second-order valence-electron chi connectivity index (χ2n) is 4.26. The Bertz CT molecular complexity index is 563. The number of hydrogen-bond donors (Lipinski definition) is 1. The summed E-state index contributed by atoms with van der Waals surface area (Å²) >= 11 is 0. The van der Waals surface area contributed by atoms with Gasteiger partial charge in [-0.2, -0.15) is 0 Å². The molecule has 1 heterocycles. The number of aryl methyl sites for hydroxylation is 1. The molecule has 1 aromatic carbocycles. The number of benzene rings is 1. The normalized spacial score (nSPS) is 12.6. The van der Waals surface area contributed by atoms with Crippen LogP contribution in [0.5, 0.6) is 0 Å². The Morgan fingerprint density at radius 1 is 1.41 bits per heavy atom. The molecule has 0 amide bonds. The Labute approximate surface area is 100 Å². The van der Waals surface area contributed by atoms with Gasteiger partial charge in [0, 0.05) is 11.6 Å². The molecule has 3 nitrogen and oxygen atoms in total. The molecule has 2 aromatic rings. The fraction of sp³-hybridized carbons (Fsp3) is 0.286. The summed E-state index contributed by atoms with van der Waals surface area (Å²) in [6.45, 7) is 3.87. The van der Waals surface area contributed by atoms with E-state index >= 15 is 0 Å². The highest BCUT2D eigenvalue weighted by molar-refractivity contribution is 5.83. The lowest BCUT2D eigenvalue weighted by Gasteiger charge is -2.10. The van der Waals surface area contributed by atoms with Crippen LogP contribution in [0.4, 0.5) is 0 Å². The standard InChI is InChI=1S/C14H15NO2/c1-3-12(14(16)17)10-4-5-13-11(7-10)6-9(2)8-15-13/h4-8,12H,3H2,1-2H3,(H,16,17). The van der Waals surface area contributed by atoms with Gasteiger partial charge < -0.3 is 5.11 Å². The predicted molar refractivity (Wildman–Crippen MR) is 67.1 cm³/mol. The SMILES string of the molecule is CCC(C(=O)O)c1ccc2ncc(C)cc2c1. The van der Waals surface area contributed by atoms with Crippen molar-refractivity contribution in [1.82, 2.24) is 4.98 Å². The monoisotopic (exact) mass is 229 g/mol. The van der Waals surface area contributed by atoms with Crippen LogP contribution in [0.25, 0.3) is 10.9 Å². The van der Waals surface area contributed by atoms with E-state index in [1.54, 1.807) is 0 Å². The van der Waals surface area contributed by atoms with E-state index in [9.17, 15) is 4.79 Å². The molecule has 1 atom stereocenters. The Balaban J connectivity index is 2.53. The van der Waals surface area contributed by atoms with Crippen LogP contribution in [0.15, 0.2) is 30.5 Å². The Morgan fingerprint density at radius 2 is 2.18 bits per heavy atom. The first-order valence-corrected chi connectivity index (χ1v) is 5.71. The Hall–Kier alpha value is -1.90. The molecule has 1 aromatic heterocycles. The molecule has 3 heteroatoms. The van der Waals surface area contributed by atoms with E-state index in [2.05, 4.69) is 4.98 Å². The van der Waals surface area contributed by atoms with Crippen molar-refractivity contribution in [1.29, 1.82) is 0 Å². The largest absolute Gasteiger partial charge is 0.481 e. The molecule has 0 spiro atoms. The molecular weight excluding hydrogens is 214 g/mol. The number of carboxylic acid groups (broad SMARTS) is 1. The van der Waals surface area contributed by atoms with Crippen molar-refractivity contribution < 1.29 is 9.90 Å². The van der Waals surface area contributed by atoms with E-state index in [1.807, 2.05) is 44.3 Å². The third-order valence-electron chi connectivity index (χ3n) is 2.95. The fourth-order valence-electron chi connectivity index (χ4n) is 2.03. The second-order valence-corrected chi connectivity index (χ2v) is 4.26.